The second-order valence-electron chi connectivity index (χ2n) is 9.15. The fraction of sp³-hybridized carbons (Fsp3) is 0.200. The molecule has 1 aromatic heterocycles. The van der Waals surface area contributed by atoms with Gasteiger partial charge in [-0.05, 0) is 49.2 Å². The van der Waals surface area contributed by atoms with Crippen LogP contribution >= 0.6 is 0 Å². The minimum Gasteiger partial charge on any atom is -0.331 e. The molecule has 1 aliphatic heterocycles. The molecule has 1 unspecified atom stereocenters. The van der Waals surface area contributed by atoms with Crippen LogP contribution < -0.4 is 4.90 Å². The molecular weight excluding hydrogens is 434 g/mol. The Hall–Kier alpha value is -4.12. The molecule has 0 saturated heterocycles. The Bertz CT molecular complexity index is 1330. The van der Waals surface area contributed by atoms with Crippen molar-refractivity contribution in [2.75, 3.05) is 11.4 Å². The molecule has 0 radical (unpaired) electrons. The number of anilines is 1. The van der Waals surface area contributed by atoms with Gasteiger partial charge in [0.15, 0.2) is 0 Å². The van der Waals surface area contributed by atoms with Crippen LogP contribution in [0.25, 0.3) is 5.69 Å². The molecule has 3 aromatic carbocycles. The van der Waals surface area contributed by atoms with Gasteiger partial charge in [0.1, 0.15) is 12.6 Å². The van der Waals surface area contributed by atoms with Crippen molar-refractivity contribution < 1.29 is 9.59 Å². The summed E-state index contributed by atoms with van der Waals surface area (Å²) < 4.78 is 2.15. The average Bonchev–Trinajstić information content (AvgIpc) is 3.37. The lowest BCUT2D eigenvalue weighted by atomic mass is 9.97. The maximum atomic E-state index is 14.1. The van der Waals surface area contributed by atoms with Gasteiger partial charge in [-0.1, -0.05) is 72.8 Å². The molecule has 1 aliphatic rings. The molecule has 2 heterocycles. The average molecular weight is 464 g/mol. The number of para-hydroxylation sites is 2. The Morgan fingerprint density at radius 2 is 1.43 bits per heavy atom. The Morgan fingerprint density at radius 1 is 0.800 bits per heavy atom. The van der Waals surface area contributed by atoms with Crippen molar-refractivity contribution in [3.63, 3.8) is 0 Å². The summed E-state index contributed by atoms with van der Waals surface area (Å²) in [5, 5.41) is 0. The van der Waals surface area contributed by atoms with E-state index in [0.29, 0.717) is 0 Å². The molecular formula is C30H29N3O2. The lowest BCUT2D eigenvalue weighted by Crippen LogP contribution is -2.49. The summed E-state index contributed by atoms with van der Waals surface area (Å²) in [5.74, 6) is -0.154. The SMILES string of the molecule is CC(C)N(CC(=O)N1c2ccccc2-n2cccc2C1c1ccccc1)C(=O)Cc1ccccc1. The molecule has 4 aromatic rings. The van der Waals surface area contributed by atoms with Gasteiger partial charge in [-0.3, -0.25) is 14.5 Å². The van der Waals surface area contributed by atoms with E-state index in [9.17, 15) is 9.59 Å². The van der Waals surface area contributed by atoms with E-state index in [0.717, 1.165) is 28.2 Å². The van der Waals surface area contributed by atoms with E-state index in [-0.39, 0.29) is 36.9 Å². The van der Waals surface area contributed by atoms with Gasteiger partial charge in [0.05, 0.1) is 23.5 Å². The van der Waals surface area contributed by atoms with Crippen molar-refractivity contribution in [3.05, 3.63) is 120 Å². The summed E-state index contributed by atoms with van der Waals surface area (Å²) in [5.41, 5.74) is 4.80. The molecule has 0 fully saturated rings. The minimum absolute atomic E-state index is 0.0156. The van der Waals surface area contributed by atoms with Crippen molar-refractivity contribution in [3.8, 4) is 5.69 Å². The van der Waals surface area contributed by atoms with E-state index in [2.05, 4.69) is 22.8 Å². The molecule has 0 bridgehead atoms. The predicted molar refractivity (Wildman–Crippen MR) is 139 cm³/mol. The molecule has 1 atom stereocenters. The van der Waals surface area contributed by atoms with Crippen LogP contribution in [-0.2, 0) is 16.0 Å². The predicted octanol–water partition coefficient (Wildman–Crippen LogP) is 5.39. The van der Waals surface area contributed by atoms with Gasteiger partial charge in [-0.2, -0.15) is 0 Å². The monoisotopic (exact) mass is 463 g/mol. The first-order valence-electron chi connectivity index (χ1n) is 12.0. The van der Waals surface area contributed by atoms with Gasteiger partial charge >= 0.3 is 0 Å². The van der Waals surface area contributed by atoms with E-state index in [4.69, 9.17) is 0 Å². The summed E-state index contributed by atoms with van der Waals surface area (Å²) in [7, 11) is 0. The normalized spacial score (nSPS) is 14.4. The first kappa shape index (κ1) is 22.7. The zero-order chi connectivity index (χ0) is 24.4. The lowest BCUT2D eigenvalue weighted by molar-refractivity contribution is -0.136. The summed E-state index contributed by atoms with van der Waals surface area (Å²) in [4.78, 5) is 30.9. The van der Waals surface area contributed by atoms with Crippen molar-refractivity contribution in [1.29, 1.82) is 0 Å². The number of fused-ring (bicyclic) bond motifs is 3. The lowest BCUT2D eigenvalue weighted by Gasteiger charge is -2.40. The summed E-state index contributed by atoms with van der Waals surface area (Å²) in [6.45, 7) is 3.93. The molecule has 5 nitrogen and oxygen atoms in total. The molecule has 0 N–H and O–H groups in total. The summed E-state index contributed by atoms with van der Waals surface area (Å²) >= 11 is 0. The molecule has 5 heteroatoms. The van der Waals surface area contributed by atoms with Crippen LogP contribution in [0.3, 0.4) is 0 Å². The van der Waals surface area contributed by atoms with Crippen LogP contribution in [0.4, 0.5) is 5.69 Å². The van der Waals surface area contributed by atoms with Gasteiger partial charge in [0, 0.05) is 12.2 Å². The number of aromatic nitrogens is 1. The molecule has 176 valence electrons. The number of carbonyl (C=O) groups is 2. The third kappa shape index (κ3) is 4.37. The maximum Gasteiger partial charge on any atom is 0.247 e. The Morgan fingerprint density at radius 3 is 2.11 bits per heavy atom. The van der Waals surface area contributed by atoms with Crippen LogP contribution in [0.15, 0.2) is 103 Å². The van der Waals surface area contributed by atoms with Gasteiger partial charge in [-0.25, -0.2) is 0 Å². The van der Waals surface area contributed by atoms with E-state index in [1.54, 1.807) is 4.90 Å². The highest BCUT2D eigenvalue weighted by molar-refractivity contribution is 6.00. The van der Waals surface area contributed by atoms with Crippen LogP contribution in [0.5, 0.6) is 0 Å². The quantitative estimate of drug-likeness (QED) is 0.385. The third-order valence-electron chi connectivity index (χ3n) is 6.55. The van der Waals surface area contributed by atoms with Crippen LogP contribution in [0.1, 0.15) is 36.7 Å². The Labute approximate surface area is 206 Å². The summed E-state index contributed by atoms with van der Waals surface area (Å²) in [6, 6.07) is 31.4. The zero-order valence-corrected chi connectivity index (χ0v) is 20.0. The highest BCUT2D eigenvalue weighted by Crippen LogP contribution is 2.42. The van der Waals surface area contributed by atoms with Crippen LogP contribution in [0, 0.1) is 0 Å². The second-order valence-corrected chi connectivity index (χ2v) is 9.15. The largest absolute Gasteiger partial charge is 0.331 e. The first-order valence-corrected chi connectivity index (χ1v) is 12.0. The number of carbonyl (C=O) groups excluding carboxylic acids is 2. The fourth-order valence-electron chi connectivity index (χ4n) is 4.87. The standard InChI is InChI=1S/C30H29N3O2/c1-22(2)32(28(34)20-23-12-5-3-6-13-23)21-29(35)33-26-17-10-9-16-25(26)31-19-11-18-27(31)30(33)24-14-7-4-8-15-24/h3-19,22,30H,20-21H2,1-2H3. The van der Waals surface area contributed by atoms with Gasteiger partial charge in [-0.15, -0.1) is 0 Å². The fourth-order valence-corrected chi connectivity index (χ4v) is 4.87. The number of amides is 2. The van der Waals surface area contributed by atoms with E-state index in [1.807, 2.05) is 104 Å². The van der Waals surface area contributed by atoms with E-state index < -0.39 is 0 Å². The first-order chi connectivity index (χ1) is 17.0. The maximum absolute atomic E-state index is 14.1. The smallest absolute Gasteiger partial charge is 0.247 e. The van der Waals surface area contributed by atoms with Crippen molar-refractivity contribution >= 4 is 17.5 Å². The summed E-state index contributed by atoms with van der Waals surface area (Å²) in [6.07, 6.45) is 2.31. The highest BCUT2D eigenvalue weighted by atomic mass is 16.2. The van der Waals surface area contributed by atoms with Gasteiger partial charge in [0.2, 0.25) is 11.8 Å². The number of benzene rings is 3. The zero-order valence-electron chi connectivity index (χ0n) is 20.0. The topological polar surface area (TPSA) is 45.6 Å². The molecule has 2 amide bonds. The Balaban J connectivity index is 1.52. The number of hydrogen-bond acceptors (Lipinski definition) is 2. The third-order valence-corrected chi connectivity index (χ3v) is 6.55. The number of rotatable bonds is 6. The van der Waals surface area contributed by atoms with Crippen molar-refractivity contribution in [2.45, 2.75) is 32.4 Å². The van der Waals surface area contributed by atoms with E-state index in [1.165, 1.54) is 0 Å². The van der Waals surface area contributed by atoms with Gasteiger partial charge < -0.3 is 9.47 Å². The molecule has 35 heavy (non-hydrogen) atoms. The molecule has 0 aliphatic carbocycles. The molecule has 0 saturated carbocycles. The second kappa shape index (κ2) is 9.63. The molecule has 0 spiro atoms. The minimum atomic E-state index is -0.285. The van der Waals surface area contributed by atoms with Crippen LogP contribution in [0.2, 0.25) is 0 Å². The van der Waals surface area contributed by atoms with Crippen LogP contribution in [-0.4, -0.2) is 33.9 Å². The van der Waals surface area contributed by atoms with Crippen molar-refractivity contribution in [2.24, 2.45) is 0 Å². The van der Waals surface area contributed by atoms with Gasteiger partial charge in [0.25, 0.3) is 0 Å². The van der Waals surface area contributed by atoms with Crippen molar-refractivity contribution in [1.82, 2.24) is 9.47 Å². The molecule has 5 rings (SSSR count). The van der Waals surface area contributed by atoms with E-state index >= 15 is 0 Å². The highest BCUT2D eigenvalue weighted by Gasteiger charge is 2.37. The Kier molecular flexibility index (Phi) is 6.23. The number of hydrogen-bond donors (Lipinski definition) is 0. The number of nitrogens with zero attached hydrogens (tertiary/aromatic N) is 3.